The number of hydrogen-bond acceptors (Lipinski definition) is 3. The molecule has 2 fully saturated rings. The predicted molar refractivity (Wildman–Crippen MR) is 130 cm³/mol. The maximum atomic E-state index is 14.0. The maximum Gasteiger partial charge on any atom is 0.322 e. The molecular formula is C28H23F2N3O3. The Kier molecular flexibility index (Phi) is 6.40. The van der Waals surface area contributed by atoms with E-state index in [1.54, 1.807) is 23.1 Å². The molecule has 5 rings (SSSR count). The van der Waals surface area contributed by atoms with Crippen LogP contribution in [-0.2, 0) is 4.79 Å². The molecule has 3 amide bonds. The zero-order valence-corrected chi connectivity index (χ0v) is 19.2. The van der Waals surface area contributed by atoms with Gasteiger partial charge in [0.25, 0.3) is 0 Å². The highest BCUT2D eigenvalue weighted by Gasteiger charge is 2.54. The number of nitrogens with one attached hydrogen (secondary N) is 1. The molecule has 0 saturated carbocycles. The van der Waals surface area contributed by atoms with Gasteiger partial charge in [-0.25, -0.2) is 13.6 Å². The summed E-state index contributed by atoms with van der Waals surface area (Å²) in [6.07, 6.45) is 0. The minimum atomic E-state index is -0.555. The fourth-order valence-corrected chi connectivity index (χ4v) is 4.88. The number of fused-ring (bicyclic) bond motifs is 1. The van der Waals surface area contributed by atoms with Gasteiger partial charge in [0.05, 0.1) is 24.4 Å². The maximum absolute atomic E-state index is 14.0. The second-order valence-electron chi connectivity index (χ2n) is 8.81. The van der Waals surface area contributed by atoms with Gasteiger partial charge in [0, 0.05) is 23.6 Å². The van der Waals surface area contributed by atoms with Gasteiger partial charge in [-0.2, -0.15) is 0 Å². The van der Waals surface area contributed by atoms with E-state index in [0.717, 1.165) is 11.1 Å². The average molecular weight is 488 g/mol. The van der Waals surface area contributed by atoms with Crippen molar-refractivity contribution in [3.63, 3.8) is 0 Å². The third-order valence-electron chi connectivity index (χ3n) is 6.65. The first-order chi connectivity index (χ1) is 17.4. The van der Waals surface area contributed by atoms with Crippen molar-refractivity contribution in [1.29, 1.82) is 0 Å². The Morgan fingerprint density at radius 3 is 2.25 bits per heavy atom. The van der Waals surface area contributed by atoms with Crippen LogP contribution in [0, 0.1) is 23.5 Å². The Labute approximate surface area is 207 Å². The largest absolute Gasteiger partial charge is 0.394 e. The number of anilines is 1. The molecule has 0 spiro atoms. The summed E-state index contributed by atoms with van der Waals surface area (Å²) in [5.74, 6) is 4.74. The van der Waals surface area contributed by atoms with Crippen molar-refractivity contribution in [3.8, 4) is 11.8 Å². The molecule has 36 heavy (non-hydrogen) atoms. The van der Waals surface area contributed by atoms with Gasteiger partial charge in [-0.3, -0.25) is 4.79 Å². The molecule has 182 valence electrons. The van der Waals surface area contributed by atoms with E-state index in [-0.39, 0.29) is 55.1 Å². The van der Waals surface area contributed by atoms with Gasteiger partial charge in [0.2, 0.25) is 5.91 Å². The number of nitrogens with zero attached hydrogens (tertiary/aromatic N) is 2. The van der Waals surface area contributed by atoms with Crippen molar-refractivity contribution in [1.82, 2.24) is 9.80 Å². The SMILES string of the molecule is O=C(Nc1ccccc1F)N1CC(=O)N2[C@H](CO)[C@H](c3ccc(C#Cc4ccc(F)cc4)cc3)[C@@H]2C1. The standard InChI is InChI=1S/C28H23F2N3O3/c29-21-13-9-19(10-14-21)6-5-18-7-11-20(12-8-18)27-24-15-32(16-26(35)33(24)25(27)17-34)28(36)31-23-4-2-1-3-22(23)30/h1-4,7-14,24-25,27,34H,15-17H2,(H,31,36)/t24-,25+,27+/m0/s1. The van der Waals surface area contributed by atoms with Crippen LogP contribution in [0.4, 0.5) is 19.3 Å². The van der Waals surface area contributed by atoms with Crippen LogP contribution < -0.4 is 5.32 Å². The Bertz CT molecular complexity index is 1350. The molecule has 2 heterocycles. The van der Waals surface area contributed by atoms with E-state index in [4.69, 9.17) is 0 Å². The number of benzene rings is 3. The Morgan fingerprint density at radius 1 is 0.972 bits per heavy atom. The fourth-order valence-electron chi connectivity index (χ4n) is 4.88. The quantitative estimate of drug-likeness (QED) is 0.555. The lowest BCUT2D eigenvalue weighted by atomic mass is 9.73. The topological polar surface area (TPSA) is 72.9 Å². The summed E-state index contributed by atoms with van der Waals surface area (Å²) < 4.78 is 27.0. The van der Waals surface area contributed by atoms with E-state index < -0.39 is 11.8 Å². The number of para-hydroxylation sites is 1. The molecule has 2 saturated heterocycles. The lowest BCUT2D eigenvalue weighted by molar-refractivity contribution is -0.159. The molecular weight excluding hydrogens is 464 g/mol. The Morgan fingerprint density at radius 2 is 1.61 bits per heavy atom. The number of hydrogen-bond donors (Lipinski definition) is 2. The number of halogens is 2. The summed E-state index contributed by atoms with van der Waals surface area (Å²) >= 11 is 0. The first kappa shape index (κ1) is 23.5. The number of piperazine rings is 1. The monoisotopic (exact) mass is 487 g/mol. The summed E-state index contributed by atoms with van der Waals surface area (Å²) in [6, 6.07) is 18.1. The molecule has 8 heteroatoms. The molecule has 3 aromatic carbocycles. The number of amides is 3. The van der Waals surface area contributed by atoms with Crippen molar-refractivity contribution in [2.75, 3.05) is 25.0 Å². The summed E-state index contributed by atoms with van der Waals surface area (Å²) in [4.78, 5) is 28.6. The van der Waals surface area contributed by atoms with Gasteiger partial charge in [-0.1, -0.05) is 36.1 Å². The molecule has 0 unspecified atom stereocenters. The first-order valence-electron chi connectivity index (χ1n) is 11.5. The molecule has 6 nitrogen and oxygen atoms in total. The number of rotatable bonds is 3. The molecule has 2 aliphatic rings. The van der Waals surface area contributed by atoms with E-state index in [1.807, 2.05) is 24.3 Å². The zero-order chi connectivity index (χ0) is 25.2. The fraction of sp³-hybridized carbons (Fsp3) is 0.214. The highest BCUT2D eigenvalue weighted by Crippen LogP contribution is 2.43. The molecule has 0 radical (unpaired) electrons. The van der Waals surface area contributed by atoms with Gasteiger partial charge >= 0.3 is 6.03 Å². The van der Waals surface area contributed by atoms with Crippen molar-refractivity contribution >= 4 is 17.6 Å². The first-order valence-corrected chi connectivity index (χ1v) is 11.5. The molecule has 3 atom stereocenters. The van der Waals surface area contributed by atoms with Gasteiger partial charge in [-0.15, -0.1) is 0 Å². The van der Waals surface area contributed by atoms with E-state index in [1.165, 1.54) is 35.2 Å². The van der Waals surface area contributed by atoms with Crippen LogP contribution in [-0.4, -0.2) is 58.6 Å². The van der Waals surface area contributed by atoms with Gasteiger partial charge in [0.1, 0.15) is 18.2 Å². The van der Waals surface area contributed by atoms with E-state index in [0.29, 0.717) is 5.56 Å². The minimum Gasteiger partial charge on any atom is -0.394 e. The Hall–Kier alpha value is -4.22. The number of urea groups is 1. The van der Waals surface area contributed by atoms with Crippen LogP contribution >= 0.6 is 0 Å². The van der Waals surface area contributed by atoms with Crippen LogP contribution in [0.5, 0.6) is 0 Å². The summed E-state index contributed by atoms with van der Waals surface area (Å²) in [7, 11) is 0. The van der Waals surface area contributed by atoms with Gasteiger partial charge in [-0.05, 0) is 54.1 Å². The average Bonchev–Trinajstić information content (AvgIpc) is 2.87. The summed E-state index contributed by atoms with van der Waals surface area (Å²) in [5.41, 5.74) is 2.44. The lowest BCUT2D eigenvalue weighted by Crippen LogP contribution is -2.73. The second-order valence-corrected chi connectivity index (χ2v) is 8.81. The summed E-state index contributed by atoms with van der Waals surface area (Å²) in [6.45, 7) is -0.0717. The van der Waals surface area contributed by atoms with Gasteiger partial charge < -0.3 is 20.2 Å². The van der Waals surface area contributed by atoms with E-state index in [9.17, 15) is 23.5 Å². The smallest absolute Gasteiger partial charge is 0.322 e. The van der Waals surface area contributed by atoms with Crippen LogP contribution in [0.2, 0.25) is 0 Å². The highest BCUT2D eigenvalue weighted by molar-refractivity contribution is 5.94. The minimum absolute atomic E-state index is 0.0492. The number of carbonyl (C=O) groups is 2. The molecule has 2 aliphatic heterocycles. The Balaban J connectivity index is 1.31. The van der Waals surface area contributed by atoms with Crippen LogP contribution in [0.25, 0.3) is 0 Å². The van der Waals surface area contributed by atoms with E-state index in [2.05, 4.69) is 17.2 Å². The third-order valence-corrected chi connectivity index (χ3v) is 6.65. The normalized spacial score (nSPS) is 20.6. The van der Waals surface area contributed by atoms with Crippen molar-refractivity contribution in [2.24, 2.45) is 0 Å². The summed E-state index contributed by atoms with van der Waals surface area (Å²) in [5, 5.41) is 12.5. The van der Waals surface area contributed by atoms with Crippen LogP contribution in [0.1, 0.15) is 22.6 Å². The number of aliphatic hydroxyl groups is 1. The molecule has 2 N–H and O–H groups in total. The van der Waals surface area contributed by atoms with Crippen LogP contribution in [0.15, 0.2) is 72.8 Å². The molecule has 0 aliphatic carbocycles. The number of aliphatic hydroxyl groups excluding tert-OH is 1. The van der Waals surface area contributed by atoms with Gasteiger partial charge in [0.15, 0.2) is 0 Å². The highest BCUT2D eigenvalue weighted by atomic mass is 19.1. The van der Waals surface area contributed by atoms with Crippen LogP contribution in [0.3, 0.4) is 0 Å². The zero-order valence-electron chi connectivity index (χ0n) is 19.2. The van der Waals surface area contributed by atoms with Crippen molar-refractivity contribution in [3.05, 3.63) is 101 Å². The van der Waals surface area contributed by atoms with E-state index >= 15 is 0 Å². The third kappa shape index (κ3) is 4.53. The number of carbonyl (C=O) groups excluding carboxylic acids is 2. The molecule has 0 aromatic heterocycles. The lowest BCUT2D eigenvalue weighted by Gasteiger charge is -2.58. The predicted octanol–water partition coefficient (Wildman–Crippen LogP) is 3.57. The molecule has 3 aromatic rings. The van der Waals surface area contributed by atoms with Crippen molar-refractivity contribution < 1.29 is 23.5 Å². The van der Waals surface area contributed by atoms with Crippen molar-refractivity contribution in [2.45, 2.75) is 18.0 Å². The second kappa shape index (κ2) is 9.80. The molecule has 0 bridgehead atoms.